The lowest BCUT2D eigenvalue weighted by atomic mass is 9.82. The molecular formula is C19H24N4O3. The standard InChI is InChI=1S/C19H24N4O3/c1-4-19(20)12-13(14-8-6-7-11-21-14)17-15(9-10-16(22-17)25-3)23(19)18(24)26-5-2/h6-11,13H,4-5,12,20H2,1-3H3/t13-,19-/m1/s1. The fourth-order valence-electron chi connectivity index (χ4n) is 3.39. The van der Waals surface area contributed by atoms with Gasteiger partial charge in [-0.2, -0.15) is 0 Å². The highest BCUT2D eigenvalue weighted by Crippen LogP contribution is 2.45. The maximum Gasteiger partial charge on any atom is 0.415 e. The molecular weight excluding hydrogens is 332 g/mol. The second kappa shape index (κ2) is 7.29. The number of aromatic nitrogens is 2. The molecule has 2 atom stereocenters. The average Bonchev–Trinajstić information content (AvgIpc) is 2.67. The second-order valence-corrected chi connectivity index (χ2v) is 6.26. The van der Waals surface area contributed by atoms with Crippen LogP contribution in [-0.2, 0) is 4.74 Å². The zero-order chi connectivity index (χ0) is 18.7. The fraction of sp³-hybridized carbons (Fsp3) is 0.421. The van der Waals surface area contributed by atoms with Crippen molar-refractivity contribution in [2.75, 3.05) is 18.6 Å². The van der Waals surface area contributed by atoms with E-state index in [0.29, 0.717) is 30.1 Å². The topological polar surface area (TPSA) is 90.6 Å². The minimum absolute atomic E-state index is 0.142. The van der Waals surface area contributed by atoms with Crippen LogP contribution in [0.15, 0.2) is 36.5 Å². The van der Waals surface area contributed by atoms with E-state index in [0.717, 1.165) is 5.69 Å². The molecule has 7 nitrogen and oxygen atoms in total. The van der Waals surface area contributed by atoms with E-state index in [1.807, 2.05) is 31.2 Å². The Balaban J connectivity index is 2.18. The summed E-state index contributed by atoms with van der Waals surface area (Å²) in [5.41, 5.74) is 8.00. The first kappa shape index (κ1) is 18.1. The number of methoxy groups -OCH3 is 1. The van der Waals surface area contributed by atoms with Gasteiger partial charge in [0, 0.05) is 23.9 Å². The van der Waals surface area contributed by atoms with E-state index in [-0.39, 0.29) is 12.5 Å². The van der Waals surface area contributed by atoms with Gasteiger partial charge in [0.25, 0.3) is 0 Å². The summed E-state index contributed by atoms with van der Waals surface area (Å²) in [6.45, 7) is 4.01. The van der Waals surface area contributed by atoms with Crippen molar-refractivity contribution in [3.05, 3.63) is 47.9 Å². The highest BCUT2D eigenvalue weighted by atomic mass is 16.6. The number of carbonyl (C=O) groups is 1. The predicted octanol–water partition coefficient (Wildman–Crippen LogP) is 3.05. The van der Waals surface area contributed by atoms with Gasteiger partial charge in [0.15, 0.2) is 0 Å². The van der Waals surface area contributed by atoms with Crippen molar-refractivity contribution in [1.82, 2.24) is 9.97 Å². The van der Waals surface area contributed by atoms with Crippen molar-refractivity contribution in [2.24, 2.45) is 5.73 Å². The lowest BCUT2D eigenvalue weighted by molar-refractivity contribution is 0.146. The van der Waals surface area contributed by atoms with Crippen molar-refractivity contribution in [3.63, 3.8) is 0 Å². The van der Waals surface area contributed by atoms with E-state index >= 15 is 0 Å². The fourth-order valence-corrected chi connectivity index (χ4v) is 3.39. The molecule has 0 saturated heterocycles. The molecule has 0 saturated carbocycles. The van der Waals surface area contributed by atoms with Gasteiger partial charge in [-0.15, -0.1) is 0 Å². The molecule has 26 heavy (non-hydrogen) atoms. The molecule has 1 aliphatic rings. The Hall–Kier alpha value is -2.67. The molecule has 0 aliphatic carbocycles. The van der Waals surface area contributed by atoms with Gasteiger partial charge in [0.2, 0.25) is 5.88 Å². The normalized spacial score (nSPS) is 21.8. The van der Waals surface area contributed by atoms with Crippen LogP contribution in [0.4, 0.5) is 10.5 Å². The van der Waals surface area contributed by atoms with Gasteiger partial charge in [-0.05, 0) is 38.0 Å². The van der Waals surface area contributed by atoms with E-state index in [2.05, 4.69) is 9.97 Å². The molecule has 0 bridgehead atoms. The Bertz CT molecular complexity index is 784. The SMILES string of the molecule is CCOC(=O)N1c2ccc(OC)nc2[C@@H](c2ccccn2)C[C@@]1(N)CC. The first-order chi connectivity index (χ1) is 12.5. The molecule has 2 aromatic heterocycles. The summed E-state index contributed by atoms with van der Waals surface area (Å²) in [5.74, 6) is 0.339. The van der Waals surface area contributed by atoms with Crippen LogP contribution in [0.5, 0.6) is 5.88 Å². The minimum atomic E-state index is -0.891. The van der Waals surface area contributed by atoms with E-state index in [1.54, 1.807) is 26.3 Å². The van der Waals surface area contributed by atoms with Gasteiger partial charge in [-0.1, -0.05) is 13.0 Å². The Kier molecular flexibility index (Phi) is 5.08. The highest BCUT2D eigenvalue weighted by molar-refractivity contribution is 5.91. The van der Waals surface area contributed by atoms with E-state index in [1.165, 1.54) is 4.90 Å². The maximum absolute atomic E-state index is 12.7. The third-order valence-corrected chi connectivity index (χ3v) is 4.77. The number of amides is 1. The molecule has 0 fully saturated rings. The number of anilines is 1. The van der Waals surface area contributed by atoms with Crippen molar-refractivity contribution >= 4 is 11.8 Å². The van der Waals surface area contributed by atoms with Crippen molar-refractivity contribution < 1.29 is 14.3 Å². The lowest BCUT2D eigenvalue weighted by Gasteiger charge is -2.46. The van der Waals surface area contributed by atoms with E-state index in [9.17, 15) is 4.79 Å². The molecule has 2 N–H and O–H groups in total. The lowest BCUT2D eigenvalue weighted by Crippen LogP contribution is -2.61. The number of hydrogen-bond donors (Lipinski definition) is 1. The van der Waals surface area contributed by atoms with Crippen molar-refractivity contribution in [2.45, 2.75) is 38.3 Å². The molecule has 7 heteroatoms. The molecule has 1 aliphatic heterocycles. The van der Waals surface area contributed by atoms with Gasteiger partial charge in [-0.25, -0.2) is 9.78 Å². The Morgan fingerprint density at radius 2 is 2.15 bits per heavy atom. The number of rotatable bonds is 4. The number of nitrogens with two attached hydrogens (primary N) is 1. The Morgan fingerprint density at radius 1 is 1.35 bits per heavy atom. The predicted molar refractivity (Wildman–Crippen MR) is 98.2 cm³/mol. The van der Waals surface area contributed by atoms with Crippen LogP contribution in [0.25, 0.3) is 0 Å². The van der Waals surface area contributed by atoms with Gasteiger partial charge < -0.3 is 15.2 Å². The molecule has 0 spiro atoms. The average molecular weight is 356 g/mol. The number of fused-ring (bicyclic) bond motifs is 1. The van der Waals surface area contributed by atoms with Crippen LogP contribution in [0.3, 0.4) is 0 Å². The number of carbonyl (C=O) groups excluding carboxylic acids is 1. The van der Waals surface area contributed by atoms with Crippen molar-refractivity contribution in [3.8, 4) is 5.88 Å². The van der Waals surface area contributed by atoms with Crippen LogP contribution in [0, 0.1) is 0 Å². The minimum Gasteiger partial charge on any atom is -0.481 e. The summed E-state index contributed by atoms with van der Waals surface area (Å²) in [7, 11) is 1.57. The Labute approximate surface area is 153 Å². The van der Waals surface area contributed by atoms with Gasteiger partial charge in [-0.3, -0.25) is 9.88 Å². The van der Waals surface area contributed by atoms with Crippen LogP contribution in [0.1, 0.15) is 44.0 Å². The first-order valence-electron chi connectivity index (χ1n) is 8.75. The molecule has 3 rings (SSSR count). The number of pyridine rings is 2. The highest BCUT2D eigenvalue weighted by Gasteiger charge is 2.46. The molecule has 3 heterocycles. The Morgan fingerprint density at radius 3 is 2.77 bits per heavy atom. The van der Waals surface area contributed by atoms with E-state index in [4.69, 9.17) is 15.2 Å². The summed E-state index contributed by atoms with van der Waals surface area (Å²) in [4.78, 5) is 23.3. The molecule has 2 aromatic rings. The molecule has 0 radical (unpaired) electrons. The van der Waals surface area contributed by atoms with Gasteiger partial charge in [0.1, 0.15) is 5.66 Å². The second-order valence-electron chi connectivity index (χ2n) is 6.26. The largest absolute Gasteiger partial charge is 0.481 e. The number of ether oxygens (including phenoxy) is 2. The summed E-state index contributed by atoms with van der Waals surface area (Å²) in [6.07, 6.45) is 2.34. The zero-order valence-electron chi connectivity index (χ0n) is 15.3. The number of hydrogen-bond acceptors (Lipinski definition) is 6. The monoisotopic (exact) mass is 356 g/mol. The molecule has 0 unspecified atom stereocenters. The van der Waals surface area contributed by atoms with E-state index < -0.39 is 11.8 Å². The molecule has 0 aromatic carbocycles. The zero-order valence-corrected chi connectivity index (χ0v) is 15.3. The summed E-state index contributed by atoms with van der Waals surface area (Å²) >= 11 is 0. The summed E-state index contributed by atoms with van der Waals surface area (Å²) < 4.78 is 10.6. The van der Waals surface area contributed by atoms with Crippen LogP contribution < -0.4 is 15.4 Å². The molecule has 1 amide bonds. The van der Waals surface area contributed by atoms with Crippen LogP contribution >= 0.6 is 0 Å². The maximum atomic E-state index is 12.7. The van der Waals surface area contributed by atoms with Crippen LogP contribution in [0.2, 0.25) is 0 Å². The first-order valence-corrected chi connectivity index (χ1v) is 8.75. The van der Waals surface area contributed by atoms with Crippen molar-refractivity contribution in [1.29, 1.82) is 0 Å². The summed E-state index contributed by atoms with van der Waals surface area (Å²) in [6, 6.07) is 9.29. The third-order valence-electron chi connectivity index (χ3n) is 4.77. The van der Waals surface area contributed by atoms with Gasteiger partial charge >= 0.3 is 6.09 Å². The van der Waals surface area contributed by atoms with Gasteiger partial charge in [0.05, 0.1) is 25.1 Å². The quantitative estimate of drug-likeness (QED) is 0.905. The summed E-state index contributed by atoms with van der Waals surface area (Å²) in [5, 5.41) is 0. The third kappa shape index (κ3) is 3.10. The molecule has 138 valence electrons. The number of nitrogens with zero attached hydrogens (tertiary/aromatic N) is 3. The van der Waals surface area contributed by atoms with Crippen LogP contribution in [-0.4, -0.2) is 35.4 Å². The smallest absolute Gasteiger partial charge is 0.415 e.